The van der Waals surface area contributed by atoms with Crippen LogP contribution in [0.5, 0.6) is 0 Å². The van der Waals surface area contributed by atoms with Gasteiger partial charge in [-0.05, 0) is 43.4 Å². The van der Waals surface area contributed by atoms with Crippen LogP contribution in [0.25, 0.3) is 0 Å². The summed E-state index contributed by atoms with van der Waals surface area (Å²) in [6.07, 6.45) is 5.40. The lowest BCUT2D eigenvalue weighted by atomic mass is 10.1. The highest BCUT2D eigenvalue weighted by Crippen LogP contribution is 2.41. The standard InChI is InChI=1S/C22H22F3N7O/c1-11-18-20(31(2)19(14-3-4-14)21(33)29-18)30-22(28-11)26-7-13-8-27-32(10-13)9-12-5-15(23)17(25)16(24)6-12/h5-6,8,10,14,19H,3-4,7,9H2,1-2H3,(H,29,33)(H,26,28,30)/t19-/m0/s1. The molecule has 0 saturated heterocycles. The Labute approximate surface area is 187 Å². The average Bonchev–Trinajstić information content (AvgIpc) is 3.50. The summed E-state index contributed by atoms with van der Waals surface area (Å²) in [6.45, 7) is 2.28. The Kier molecular flexibility index (Phi) is 5.18. The van der Waals surface area contributed by atoms with Crippen molar-refractivity contribution in [3.63, 3.8) is 0 Å². The SMILES string of the molecule is Cc1nc(NCc2cnn(Cc3cc(F)c(F)c(F)c3)c2)nc2c1NC(=O)[C@H](C1CC1)N2C. The Morgan fingerprint density at radius 3 is 2.58 bits per heavy atom. The predicted molar refractivity (Wildman–Crippen MR) is 115 cm³/mol. The van der Waals surface area contributed by atoms with Crippen LogP contribution < -0.4 is 15.5 Å². The third kappa shape index (κ3) is 4.10. The van der Waals surface area contributed by atoms with Crippen molar-refractivity contribution in [3.05, 3.63) is 58.8 Å². The number of carbonyl (C=O) groups is 1. The minimum Gasteiger partial charge on any atom is -0.350 e. The predicted octanol–water partition coefficient (Wildman–Crippen LogP) is 3.23. The number of halogens is 3. The summed E-state index contributed by atoms with van der Waals surface area (Å²) in [4.78, 5) is 23.5. The first kappa shape index (κ1) is 21.2. The Bertz CT molecular complexity index is 1220. The lowest BCUT2D eigenvalue weighted by molar-refractivity contribution is -0.118. The van der Waals surface area contributed by atoms with E-state index in [1.165, 1.54) is 4.68 Å². The number of likely N-dealkylation sites (N-methyl/N-ethyl adjacent to an activating group) is 1. The number of rotatable bonds is 6. The summed E-state index contributed by atoms with van der Waals surface area (Å²) in [5, 5.41) is 10.3. The maximum absolute atomic E-state index is 13.4. The maximum atomic E-state index is 13.4. The minimum absolute atomic E-state index is 0.0201. The van der Waals surface area contributed by atoms with Gasteiger partial charge in [-0.25, -0.2) is 18.2 Å². The monoisotopic (exact) mass is 457 g/mol. The van der Waals surface area contributed by atoms with Gasteiger partial charge in [0.2, 0.25) is 11.9 Å². The van der Waals surface area contributed by atoms with Crippen LogP contribution in [0.15, 0.2) is 24.5 Å². The van der Waals surface area contributed by atoms with Crippen molar-refractivity contribution in [2.75, 3.05) is 22.6 Å². The molecule has 172 valence electrons. The summed E-state index contributed by atoms with van der Waals surface area (Å²) in [7, 11) is 1.88. The second-order valence-electron chi connectivity index (χ2n) is 8.49. The molecule has 3 aromatic rings. The number of hydrogen-bond donors (Lipinski definition) is 2. The molecule has 0 spiro atoms. The van der Waals surface area contributed by atoms with Crippen LogP contribution >= 0.6 is 0 Å². The van der Waals surface area contributed by atoms with E-state index in [-0.39, 0.29) is 24.1 Å². The van der Waals surface area contributed by atoms with Crippen molar-refractivity contribution in [2.24, 2.45) is 5.92 Å². The Morgan fingerprint density at radius 1 is 1.15 bits per heavy atom. The fourth-order valence-electron chi connectivity index (χ4n) is 4.14. The zero-order chi connectivity index (χ0) is 23.3. The number of fused-ring (bicyclic) bond motifs is 1. The third-order valence-corrected chi connectivity index (χ3v) is 5.93. The molecular formula is C22H22F3N7O. The van der Waals surface area contributed by atoms with Gasteiger partial charge in [-0.15, -0.1) is 0 Å². The van der Waals surface area contributed by atoms with Crippen LogP contribution in [0.1, 0.15) is 29.7 Å². The number of amides is 1. The van der Waals surface area contributed by atoms with Crippen LogP contribution in [0.2, 0.25) is 0 Å². The van der Waals surface area contributed by atoms with Crippen molar-refractivity contribution in [2.45, 2.75) is 38.9 Å². The topological polar surface area (TPSA) is 88.0 Å². The zero-order valence-electron chi connectivity index (χ0n) is 18.1. The molecule has 3 heterocycles. The second kappa shape index (κ2) is 8.05. The van der Waals surface area contributed by atoms with Gasteiger partial charge in [0, 0.05) is 25.4 Å². The first-order valence-corrected chi connectivity index (χ1v) is 10.6. The molecule has 1 aliphatic heterocycles. The van der Waals surface area contributed by atoms with Crippen LogP contribution in [-0.2, 0) is 17.9 Å². The summed E-state index contributed by atoms with van der Waals surface area (Å²) < 4.78 is 41.5. The molecule has 1 saturated carbocycles. The minimum atomic E-state index is -1.49. The van der Waals surface area contributed by atoms with Gasteiger partial charge >= 0.3 is 0 Å². The normalized spacial score (nSPS) is 17.7. The molecule has 2 aliphatic rings. The lowest BCUT2D eigenvalue weighted by Crippen LogP contribution is -2.48. The van der Waals surface area contributed by atoms with Crippen LogP contribution in [-0.4, -0.2) is 38.7 Å². The van der Waals surface area contributed by atoms with E-state index in [1.807, 2.05) is 18.9 Å². The Balaban J connectivity index is 1.28. The fraction of sp³-hybridized carbons (Fsp3) is 0.364. The molecule has 1 aliphatic carbocycles. The highest BCUT2D eigenvalue weighted by atomic mass is 19.2. The number of hydrogen-bond acceptors (Lipinski definition) is 6. The number of aromatic nitrogens is 4. The lowest BCUT2D eigenvalue weighted by Gasteiger charge is -2.35. The molecule has 1 aromatic carbocycles. The quantitative estimate of drug-likeness (QED) is 0.553. The fourth-order valence-corrected chi connectivity index (χ4v) is 4.14. The van der Waals surface area contributed by atoms with E-state index in [4.69, 9.17) is 0 Å². The number of nitrogens with one attached hydrogen (secondary N) is 2. The third-order valence-electron chi connectivity index (χ3n) is 5.93. The van der Waals surface area contributed by atoms with E-state index in [1.54, 1.807) is 12.4 Å². The van der Waals surface area contributed by atoms with E-state index in [0.29, 0.717) is 35.6 Å². The summed E-state index contributed by atoms with van der Waals surface area (Å²) >= 11 is 0. The molecule has 2 aromatic heterocycles. The molecule has 5 rings (SSSR count). The largest absolute Gasteiger partial charge is 0.350 e. The molecule has 8 nitrogen and oxygen atoms in total. The van der Waals surface area contributed by atoms with Crippen LogP contribution in [0.4, 0.5) is 30.6 Å². The van der Waals surface area contributed by atoms with Crippen molar-refractivity contribution in [1.82, 2.24) is 19.7 Å². The molecular weight excluding hydrogens is 435 g/mol. The number of aryl methyl sites for hydroxylation is 1. The number of benzene rings is 1. The number of nitrogens with zero attached hydrogens (tertiary/aromatic N) is 5. The molecule has 0 unspecified atom stereocenters. The van der Waals surface area contributed by atoms with Gasteiger partial charge in [0.15, 0.2) is 23.3 Å². The van der Waals surface area contributed by atoms with Crippen LogP contribution in [0, 0.1) is 30.3 Å². The average molecular weight is 457 g/mol. The van der Waals surface area contributed by atoms with Crippen LogP contribution in [0.3, 0.4) is 0 Å². The van der Waals surface area contributed by atoms with Crippen molar-refractivity contribution in [3.8, 4) is 0 Å². The van der Waals surface area contributed by atoms with Gasteiger partial charge in [0.25, 0.3) is 0 Å². The summed E-state index contributed by atoms with van der Waals surface area (Å²) in [5.74, 6) is -2.53. The van der Waals surface area contributed by atoms with Gasteiger partial charge in [-0.1, -0.05) is 0 Å². The maximum Gasteiger partial charge on any atom is 0.247 e. The first-order chi connectivity index (χ1) is 15.8. The van der Waals surface area contributed by atoms with Crippen molar-refractivity contribution < 1.29 is 18.0 Å². The van der Waals surface area contributed by atoms with E-state index in [9.17, 15) is 18.0 Å². The number of anilines is 3. The Morgan fingerprint density at radius 2 is 1.88 bits per heavy atom. The van der Waals surface area contributed by atoms with E-state index >= 15 is 0 Å². The highest BCUT2D eigenvalue weighted by Gasteiger charge is 2.43. The second-order valence-corrected chi connectivity index (χ2v) is 8.49. The van der Waals surface area contributed by atoms with Gasteiger partial charge in [0.05, 0.1) is 18.4 Å². The van der Waals surface area contributed by atoms with E-state index in [0.717, 1.165) is 30.5 Å². The molecule has 1 atom stereocenters. The molecule has 0 radical (unpaired) electrons. The van der Waals surface area contributed by atoms with E-state index < -0.39 is 17.5 Å². The molecule has 33 heavy (non-hydrogen) atoms. The first-order valence-electron chi connectivity index (χ1n) is 10.6. The molecule has 1 fully saturated rings. The van der Waals surface area contributed by atoms with E-state index in [2.05, 4.69) is 25.7 Å². The summed E-state index contributed by atoms with van der Waals surface area (Å²) in [5.41, 5.74) is 2.34. The van der Waals surface area contributed by atoms with Gasteiger partial charge in [0.1, 0.15) is 11.7 Å². The van der Waals surface area contributed by atoms with Gasteiger partial charge < -0.3 is 15.5 Å². The van der Waals surface area contributed by atoms with Gasteiger partial charge in [-0.3, -0.25) is 9.48 Å². The smallest absolute Gasteiger partial charge is 0.247 e. The highest BCUT2D eigenvalue weighted by molar-refractivity contribution is 6.03. The molecule has 0 bridgehead atoms. The zero-order valence-corrected chi connectivity index (χ0v) is 18.1. The molecule has 11 heteroatoms. The summed E-state index contributed by atoms with van der Waals surface area (Å²) in [6, 6.07) is 1.68. The Hall–Kier alpha value is -3.63. The molecule has 2 N–H and O–H groups in total. The number of carbonyl (C=O) groups excluding carboxylic acids is 1. The molecule has 1 amide bonds. The van der Waals surface area contributed by atoms with Crippen molar-refractivity contribution in [1.29, 1.82) is 0 Å². The van der Waals surface area contributed by atoms with Crippen molar-refractivity contribution >= 4 is 23.4 Å². The van der Waals surface area contributed by atoms with Gasteiger partial charge in [-0.2, -0.15) is 10.1 Å².